The number of aromatic nitrogens is 3. The fraction of sp³-hybridized carbons (Fsp3) is 0.125. The van der Waals surface area contributed by atoms with Crippen LogP contribution in [0, 0.1) is 21.4 Å². The molecule has 3 rings (SSSR count). The van der Waals surface area contributed by atoms with E-state index in [0.29, 0.717) is 10.6 Å². The molecule has 0 saturated carbocycles. The van der Waals surface area contributed by atoms with Gasteiger partial charge in [-0.2, -0.15) is 10.4 Å². The maximum absolute atomic E-state index is 13.2. The van der Waals surface area contributed by atoms with Crippen molar-refractivity contribution in [3.05, 3.63) is 63.1 Å². The van der Waals surface area contributed by atoms with Crippen LogP contribution in [-0.2, 0) is 0 Å². The van der Waals surface area contributed by atoms with Gasteiger partial charge in [0.25, 0.3) is 24.4 Å². The molecule has 0 aliphatic heterocycles. The van der Waals surface area contributed by atoms with E-state index in [0.717, 1.165) is 24.3 Å². The van der Waals surface area contributed by atoms with Crippen molar-refractivity contribution in [3.8, 4) is 6.07 Å². The van der Waals surface area contributed by atoms with Gasteiger partial charge in [-0.25, -0.2) is 27.1 Å². The number of nitriles is 1. The summed E-state index contributed by atoms with van der Waals surface area (Å²) in [6.07, 6.45) is -6.27. The number of non-ortho nitro benzene ring substituents is 1. The van der Waals surface area contributed by atoms with Crippen molar-refractivity contribution in [2.24, 2.45) is 0 Å². The molecule has 148 valence electrons. The van der Waals surface area contributed by atoms with Gasteiger partial charge in [0, 0.05) is 18.2 Å². The summed E-state index contributed by atoms with van der Waals surface area (Å²) in [6, 6.07) is 6.18. The molecule has 0 bridgehead atoms. The Morgan fingerprint density at radius 1 is 1.21 bits per heavy atom. The fourth-order valence-corrected chi connectivity index (χ4v) is 2.43. The quantitative estimate of drug-likeness (QED) is 0.390. The Morgan fingerprint density at radius 3 is 2.52 bits per heavy atom. The van der Waals surface area contributed by atoms with Gasteiger partial charge in [-0.1, -0.05) is 0 Å². The molecule has 0 radical (unpaired) electrons. The van der Waals surface area contributed by atoms with Crippen LogP contribution in [0.15, 0.2) is 30.3 Å². The highest BCUT2D eigenvalue weighted by atomic mass is 19.3. The number of nitro benzene ring substituents is 1. The number of nitrogens with zero attached hydrogens (tertiary/aromatic N) is 5. The van der Waals surface area contributed by atoms with E-state index in [1.807, 2.05) is 0 Å². The summed E-state index contributed by atoms with van der Waals surface area (Å²) in [5.41, 5.74) is -3.30. The number of rotatable bonds is 5. The van der Waals surface area contributed by atoms with E-state index in [1.165, 1.54) is 0 Å². The zero-order valence-electron chi connectivity index (χ0n) is 14.0. The van der Waals surface area contributed by atoms with E-state index < -0.39 is 46.4 Å². The van der Waals surface area contributed by atoms with Crippen LogP contribution in [0.4, 0.5) is 28.9 Å². The van der Waals surface area contributed by atoms with E-state index in [2.05, 4.69) is 15.4 Å². The Hall–Kier alpha value is -4.08. The van der Waals surface area contributed by atoms with Crippen molar-refractivity contribution >= 4 is 22.9 Å². The standard InChI is InChI=1S/C16H8F4N6O3/c17-14(18)10-4-12(15(19)20)25-13(22-10)5-11(24-25)16(27)23-9-2-1-8(26(28)29)3-7(9)6-21/h1-5,14-15H,(H,23,27). The molecule has 2 aromatic heterocycles. The van der Waals surface area contributed by atoms with Crippen LogP contribution in [0.3, 0.4) is 0 Å². The van der Waals surface area contributed by atoms with Crippen molar-refractivity contribution in [2.75, 3.05) is 5.32 Å². The average Bonchev–Trinajstić information content (AvgIpc) is 3.11. The van der Waals surface area contributed by atoms with Crippen molar-refractivity contribution in [3.63, 3.8) is 0 Å². The number of fused-ring (bicyclic) bond motifs is 1. The molecule has 2 heterocycles. The van der Waals surface area contributed by atoms with E-state index in [9.17, 15) is 32.5 Å². The smallest absolute Gasteiger partial charge is 0.280 e. The summed E-state index contributed by atoms with van der Waals surface area (Å²) >= 11 is 0. The van der Waals surface area contributed by atoms with Crippen molar-refractivity contribution in [2.45, 2.75) is 12.9 Å². The lowest BCUT2D eigenvalue weighted by molar-refractivity contribution is -0.384. The van der Waals surface area contributed by atoms with Crippen LogP contribution in [-0.4, -0.2) is 25.4 Å². The third-order valence-electron chi connectivity index (χ3n) is 3.74. The number of benzene rings is 1. The molecule has 0 aliphatic rings. The fourth-order valence-electron chi connectivity index (χ4n) is 2.43. The van der Waals surface area contributed by atoms with Crippen molar-refractivity contribution < 1.29 is 27.3 Å². The molecule has 1 N–H and O–H groups in total. The van der Waals surface area contributed by atoms with Crippen molar-refractivity contribution in [1.29, 1.82) is 5.26 Å². The predicted octanol–water partition coefficient (Wildman–Crippen LogP) is 3.64. The van der Waals surface area contributed by atoms with Gasteiger partial charge in [-0.3, -0.25) is 14.9 Å². The minimum atomic E-state index is -3.16. The molecule has 13 heteroatoms. The Balaban J connectivity index is 1.99. The number of amides is 1. The molecular weight excluding hydrogens is 400 g/mol. The van der Waals surface area contributed by atoms with E-state index in [4.69, 9.17) is 5.26 Å². The first-order valence-electron chi connectivity index (χ1n) is 7.68. The normalized spacial score (nSPS) is 11.1. The van der Waals surface area contributed by atoms with E-state index in [-0.39, 0.29) is 16.9 Å². The topological polar surface area (TPSA) is 126 Å². The molecule has 0 spiro atoms. The third kappa shape index (κ3) is 3.81. The Labute approximate surface area is 158 Å². The first-order chi connectivity index (χ1) is 13.7. The highest BCUT2D eigenvalue weighted by Gasteiger charge is 2.22. The highest BCUT2D eigenvalue weighted by Crippen LogP contribution is 2.26. The van der Waals surface area contributed by atoms with Gasteiger partial charge in [-0.05, 0) is 12.1 Å². The number of carbonyl (C=O) groups is 1. The van der Waals surface area contributed by atoms with E-state index >= 15 is 0 Å². The van der Waals surface area contributed by atoms with Gasteiger partial charge in [0.05, 0.1) is 16.2 Å². The molecule has 9 nitrogen and oxygen atoms in total. The second kappa shape index (κ2) is 7.50. The molecule has 0 fully saturated rings. The van der Waals surface area contributed by atoms with E-state index in [1.54, 1.807) is 6.07 Å². The van der Waals surface area contributed by atoms with Gasteiger partial charge in [0.2, 0.25) is 0 Å². The lowest BCUT2D eigenvalue weighted by Crippen LogP contribution is -2.14. The number of nitro groups is 1. The zero-order valence-corrected chi connectivity index (χ0v) is 14.0. The number of nitrogens with one attached hydrogen (secondary N) is 1. The van der Waals surface area contributed by atoms with Gasteiger partial charge in [-0.15, -0.1) is 0 Å². The largest absolute Gasteiger partial charge is 0.319 e. The van der Waals surface area contributed by atoms with Crippen LogP contribution < -0.4 is 5.32 Å². The second-order valence-electron chi connectivity index (χ2n) is 5.56. The molecule has 1 amide bonds. The minimum absolute atomic E-state index is 0.0875. The number of carbonyl (C=O) groups excluding carboxylic acids is 1. The number of hydrogen-bond donors (Lipinski definition) is 1. The zero-order chi connectivity index (χ0) is 21.3. The molecule has 3 aromatic rings. The van der Waals surface area contributed by atoms with Gasteiger partial charge in [0.1, 0.15) is 17.5 Å². The number of halogens is 4. The van der Waals surface area contributed by atoms with Crippen LogP contribution in [0.1, 0.15) is 40.3 Å². The average molecular weight is 408 g/mol. The monoisotopic (exact) mass is 408 g/mol. The van der Waals surface area contributed by atoms with Gasteiger partial charge in [0.15, 0.2) is 11.3 Å². The summed E-state index contributed by atoms with van der Waals surface area (Å²) in [5.74, 6) is -0.959. The first-order valence-corrected chi connectivity index (χ1v) is 7.68. The second-order valence-corrected chi connectivity index (χ2v) is 5.56. The van der Waals surface area contributed by atoms with Crippen molar-refractivity contribution in [1.82, 2.24) is 14.6 Å². The molecule has 1 aromatic carbocycles. The number of anilines is 1. The molecular formula is C16H8F4N6O3. The summed E-state index contributed by atoms with van der Waals surface area (Å²) in [5, 5.41) is 25.8. The third-order valence-corrected chi connectivity index (χ3v) is 3.74. The predicted molar refractivity (Wildman–Crippen MR) is 88.7 cm³/mol. The Kier molecular flexibility index (Phi) is 5.09. The summed E-state index contributed by atoms with van der Waals surface area (Å²) in [7, 11) is 0. The van der Waals surface area contributed by atoms with Crippen LogP contribution in [0.5, 0.6) is 0 Å². The van der Waals surface area contributed by atoms with Crippen LogP contribution >= 0.6 is 0 Å². The van der Waals surface area contributed by atoms with Crippen LogP contribution in [0.2, 0.25) is 0 Å². The Morgan fingerprint density at radius 2 is 1.93 bits per heavy atom. The summed E-state index contributed by atoms with van der Waals surface area (Å²) < 4.78 is 52.6. The Bertz CT molecular complexity index is 1170. The first kappa shape index (κ1) is 19.7. The molecule has 0 saturated heterocycles. The number of alkyl halides is 4. The summed E-state index contributed by atoms with van der Waals surface area (Å²) in [6.45, 7) is 0. The highest BCUT2D eigenvalue weighted by molar-refractivity contribution is 6.04. The molecule has 0 unspecified atom stereocenters. The lowest BCUT2D eigenvalue weighted by atomic mass is 10.1. The van der Waals surface area contributed by atoms with Gasteiger partial charge >= 0.3 is 0 Å². The number of hydrogen-bond acceptors (Lipinski definition) is 6. The maximum Gasteiger partial charge on any atom is 0.280 e. The maximum atomic E-state index is 13.2. The van der Waals surface area contributed by atoms with Crippen LogP contribution in [0.25, 0.3) is 5.65 Å². The summed E-state index contributed by atoms with van der Waals surface area (Å²) in [4.78, 5) is 25.9. The molecule has 0 aliphatic carbocycles. The minimum Gasteiger partial charge on any atom is -0.319 e. The lowest BCUT2D eigenvalue weighted by Gasteiger charge is -2.06. The van der Waals surface area contributed by atoms with Gasteiger partial charge < -0.3 is 5.32 Å². The SMILES string of the molecule is N#Cc1cc([N+](=O)[O-])ccc1NC(=O)c1cc2nc(C(F)F)cc(C(F)F)n2n1. The molecule has 29 heavy (non-hydrogen) atoms. The molecule has 0 atom stereocenters.